The van der Waals surface area contributed by atoms with Crippen LogP contribution < -0.4 is 4.74 Å². The van der Waals surface area contributed by atoms with Gasteiger partial charge in [0.15, 0.2) is 17.9 Å². The van der Waals surface area contributed by atoms with Crippen molar-refractivity contribution in [1.82, 2.24) is 0 Å². The molecular formula is C33H39F3O3. The van der Waals surface area contributed by atoms with Crippen LogP contribution in [0.15, 0.2) is 54.6 Å². The van der Waals surface area contributed by atoms with Crippen LogP contribution in [0.4, 0.5) is 13.2 Å². The average molecular weight is 541 g/mol. The minimum atomic E-state index is -0.975. The van der Waals surface area contributed by atoms with Gasteiger partial charge in [-0.15, -0.1) is 0 Å². The quantitative estimate of drug-likeness (QED) is 0.202. The van der Waals surface area contributed by atoms with Crippen LogP contribution in [0.25, 0.3) is 22.3 Å². The van der Waals surface area contributed by atoms with Gasteiger partial charge in [0.1, 0.15) is 5.82 Å². The van der Waals surface area contributed by atoms with Crippen molar-refractivity contribution in [3.63, 3.8) is 0 Å². The van der Waals surface area contributed by atoms with Crippen molar-refractivity contribution in [2.45, 2.75) is 77.4 Å². The van der Waals surface area contributed by atoms with Crippen LogP contribution in [0.2, 0.25) is 0 Å². The van der Waals surface area contributed by atoms with E-state index >= 15 is 4.39 Å². The zero-order chi connectivity index (χ0) is 27.6. The maximum atomic E-state index is 15.0. The number of hydrogen-bond donors (Lipinski definition) is 0. The molecule has 3 aromatic rings. The molecule has 6 heteroatoms. The van der Waals surface area contributed by atoms with Gasteiger partial charge in [-0.2, -0.15) is 4.39 Å². The highest BCUT2D eigenvalue weighted by molar-refractivity contribution is 5.71. The fourth-order valence-corrected chi connectivity index (χ4v) is 4.94. The lowest BCUT2D eigenvalue weighted by Gasteiger charge is -2.29. The summed E-state index contributed by atoms with van der Waals surface area (Å²) in [5, 5.41) is 0. The lowest BCUT2D eigenvalue weighted by Crippen LogP contribution is -2.31. The fourth-order valence-electron chi connectivity index (χ4n) is 4.94. The predicted octanol–water partition coefficient (Wildman–Crippen LogP) is 9.43. The predicted molar refractivity (Wildman–Crippen MR) is 149 cm³/mol. The van der Waals surface area contributed by atoms with Crippen molar-refractivity contribution in [2.75, 3.05) is 19.8 Å². The first-order valence-electron chi connectivity index (χ1n) is 14.3. The Kier molecular flexibility index (Phi) is 10.9. The maximum Gasteiger partial charge on any atom is 0.201 e. The Morgan fingerprint density at radius 2 is 1.38 bits per heavy atom. The first-order chi connectivity index (χ1) is 19.0. The molecule has 0 bridgehead atoms. The summed E-state index contributed by atoms with van der Waals surface area (Å²) in [6.07, 6.45) is 8.16. The van der Waals surface area contributed by atoms with E-state index in [2.05, 4.69) is 13.8 Å². The van der Waals surface area contributed by atoms with E-state index in [0.717, 1.165) is 37.7 Å². The van der Waals surface area contributed by atoms with Crippen LogP contribution in [0.1, 0.15) is 76.7 Å². The van der Waals surface area contributed by atoms with E-state index in [1.54, 1.807) is 30.3 Å². The van der Waals surface area contributed by atoms with Crippen molar-refractivity contribution < 1.29 is 27.4 Å². The topological polar surface area (TPSA) is 27.7 Å². The Labute approximate surface area is 230 Å². The van der Waals surface area contributed by atoms with E-state index in [1.807, 2.05) is 6.07 Å². The molecule has 1 aliphatic rings. The Balaban J connectivity index is 1.38. The third kappa shape index (κ3) is 7.64. The minimum absolute atomic E-state index is 0.0633. The highest BCUT2D eigenvalue weighted by Crippen LogP contribution is 2.33. The molecule has 39 heavy (non-hydrogen) atoms. The molecular weight excluding hydrogens is 501 g/mol. The summed E-state index contributed by atoms with van der Waals surface area (Å²) in [5.41, 5.74) is 2.75. The summed E-state index contributed by atoms with van der Waals surface area (Å²) in [5.74, 6) is -2.43. The number of ether oxygens (including phenoxy) is 3. The summed E-state index contributed by atoms with van der Waals surface area (Å²) in [6, 6.07) is 15.2. The van der Waals surface area contributed by atoms with Crippen LogP contribution in [0.3, 0.4) is 0 Å². The van der Waals surface area contributed by atoms with Crippen molar-refractivity contribution in [3.8, 4) is 28.0 Å². The molecule has 0 aromatic heterocycles. The van der Waals surface area contributed by atoms with Gasteiger partial charge in [0.05, 0.1) is 19.8 Å². The largest absolute Gasteiger partial charge is 0.490 e. The molecule has 0 unspecified atom stereocenters. The molecule has 1 heterocycles. The van der Waals surface area contributed by atoms with Crippen molar-refractivity contribution in [1.29, 1.82) is 0 Å². The first kappa shape index (κ1) is 29.2. The van der Waals surface area contributed by atoms with E-state index < -0.39 is 11.6 Å². The Hall–Kier alpha value is -2.83. The zero-order valence-corrected chi connectivity index (χ0v) is 23.0. The minimum Gasteiger partial charge on any atom is -0.490 e. The Bertz CT molecular complexity index is 1190. The van der Waals surface area contributed by atoms with Crippen molar-refractivity contribution >= 4 is 0 Å². The molecule has 1 fully saturated rings. The number of halogens is 3. The zero-order valence-electron chi connectivity index (χ0n) is 23.0. The maximum absolute atomic E-state index is 15.0. The van der Waals surface area contributed by atoms with Crippen LogP contribution in [-0.4, -0.2) is 26.1 Å². The molecule has 1 saturated heterocycles. The monoisotopic (exact) mass is 540 g/mol. The highest BCUT2D eigenvalue weighted by atomic mass is 19.2. The standard InChI is InChI=1S/C33H39F3O3/c1-3-5-6-7-8-9-19-37-30-18-17-28(32(35)33(30)36)24-13-11-23(12-14-24)25-15-16-27(29(34)20-25)26-21-38-31(10-4-2)39-22-26/h11-18,20,26,31H,3-10,19,21-22H2,1-2H3. The van der Waals surface area contributed by atoms with Gasteiger partial charge in [0.2, 0.25) is 5.82 Å². The van der Waals surface area contributed by atoms with E-state index in [-0.39, 0.29) is 29.3 Å². The van der Waals surface area contributed by atoms with Gasteiger partial charge >= 0.3 is 0 Å². The second-order valence-electron chi connectivity index (χ2n) is 10.3. The van der Waals surface area contributed by atoms with Crippen molar-refractivity contribution in [3.05, 3.63) is 77.6 Å². The normalized spacial score (nSPS) is 17.4. The second kappa shape index (κ2) is 14.5. The molecule has 0 atom stereocenters. The lowest BCUT2D eigenvalue weighted by molar-refractivity contribution is -0.190. The summed E-state index contributed by atoms with van der Waals surface area (Å²) < 4.78 is 61.6. The Morgan fingerprint density at radius 1 is 0.718 bits per heavy atom. The highest BCUT2D eigenvalue weighted by Gasteiger charge is 2.25. The molecule has 0 amide bonds. The molecule has 3 nitrogen and oxygen atoms in total. The molecule has 0 radical (unpaired) electrons. The fraction of sp³-hybridized carbons (Fsp3) is 0.455. The summed E-state index contributed by atoms with van der Waals surface area (Å²) in [4.78, 5) is 0. The van der Waals surface area contributed by atoms with Crippen LogP contribution in [0.5, 0.6) is 5.75 Å². The van der Waals surface area contributed by atoms with Gasteiger partial charge in [-0.05, 0) is 53.3 Å². The van der Waals surface area contributed by atoms with Crippen LogP contribution in [0, 0.1) is 17.5 Å². The Morgan fingerprint density at radius 3 is 2.08 bits per heavy atom. The molecule has 0 N–H and O–H groups in total. The summed E-state index contributed by atoms with van der Waals surface area (Å²) >= 11 is 0. The smallest absolute Gasteiger partial charge is 0.201 e. The molecule has 1 aliphatic heterocycles. The first-order valence-corrected chi connectivity index (χ1v) is 14.3. The van der Waals surface area contributed by atoms with Crippen molar-refractivity contribution in [2.24, 2.45) is 0 Å². The van der Waals surface area contributed by atoms with Gasteiger partial charge in [-0.3, -0.25) is 0 Å². The molecule has 0 saturated carbocycles. The number of rotatable bonds is 13. The van der Waals surface area contributed by atoms with Gasteiger partial charge in [-0.25, -0.2) is 8.78 Å². The van der Waals surface area contributed by atoms with Crippen LogP contribution >= 0.6 is 0 Å². The van der Waals surface area contributed by atoms with Gasteiger partial charge < -0.3 is 14.2 Å². The summed E-state index contributed by atoms with van der Waals surface area (Å²) in [6.45, 7) is 5.47. The van der Waals surface area contributed by atoms with Gasteiger partial charge in [-0.1, -0.05) is 88.8 Å². The third-order valence-electron chi connectivity index (χ3n) is 7.26. The average Bonchev–Trinajstić information content (AvgIpc) is 2.95. The SMILES string of the molecule is CCCCCCCCOc1ccc(-c2ccc(-c3ccc(C4COC(CCC)OC4)c(F)c3)cc2)c(F)c1F. The van der Waals surface area contributed by atoms with E-state index in [0.29, 0.717) is 36.5 Å². The molecule has 0 aliphatic carbocycles. The van der Waals surface area contributed by atoms with E-state index in [1.165, 1.54) is 37.5 Å². The molecule has 0 spiro atoms. The van der Waals surface area contributed by atoms with Crippen LogP contribution in [-0.2, 0) is 9.47 Å². The number of hydrogen-bond acceptors (Lipinski definition) is 3. The van der Waals surface area contributed by atoms with Gasteiger partial charge in [0, 0.05) is 11.5 Å². The van der Waals surface area contributed by atoms with E-state index in [4.69, 9.17) is 14.2 Å². The van der Waals surface area contributed by atoms with Gasteiger partial charge in [0.25, 0.3) is 0 Å². The lowest BCUT2D eigenvalue weighted by atomic mass is 9.95. The molecule has 4 rings (SSSR count). The second-order valence-corrected chi connectivity index (χ2v) is 10.3. The van der Waals surface area contributed by atoms with E-state index in [9.17, 15) is 8.78 Å². The number of unbranched alkanes of at least 4 members (excludes halogenated alkanes) is 5. The molecule has 3 aromatic carbocycles. The third-order valence-corrected chi connectivity index (χ3v) is 7.26. The molecule has 210 valence electrons. The number of benzene rings is 3. The summed E-state index contributed by atoms with van der Waals surface area (Å²) in [7, 11) is 0.